The van der Waals surface area contributed by atoms with Crippen molar-refractivity contribution < 1.29 is 17.0 Å². The van der Waals surface area contributed by atoms with Gasteiger partial charge in [0.15, 0.2) is 8.32 Å². The number of hydrogen-bond donors (Lipinski definition) is 0. The van der Waals surface area contributed by atoms with Gasteiger partial charge in [0.2, 0.25) is 0 Å². The molecular weight excluding hydrogens is 304 g/mol. The van der Waals surface area contributed by atoms with Crippen LogP contribution in [0.1, 0.15) is 53.4 Å². The predicted octanol–water partition coefficient (Wildman–Crippen LogP) is 3.93. The molecule has 0 aromatic carbocycles. The smallest absolute Gasteiger partial charge is 0.264 e. The molecule has 126 valence electrons. The molecule has 0 spiro atoms. The Labute approximate surface area is 131 Å². The van der Waals surface area contributed by atoms with Gasteiger partial charge in [0.25, 0.3) is 10.1 Å². The van der Waals surface area contributed by atoms with E-state index >= 15 is 0 Å². The van der Waals surface area contributed by atoms with Crippen LogP contribution in [0.2, 0.25) is 18.1 Å². The third kappa shape index (κ3) is 6.00. The van der Waals surface area contributed by atoms with Crippen LogP contribution in [-0.2, 0) is 18.7 Å². The Kier molecular flexibility index (Phi) is 5.74. The highest BCUT2D eigenvalue weighted by Gasteiger charge is 2.44. The van der Waals surface area contributed by atoms with Crippen LogP contribution in [0.3, 0.4) is 0 Å². The van der Waals surface area contributed by atoms with Crippen LogP contribution in [0.5, 0.6) is 0 Å². The zero-order chi connectivity index (χ0) is 16.5. The Bertz CT molecular complexity index is 443. The van der Waals surface area contributed by atoms with Gasteiger partial charge in [-0.2, -0.15) is 8.42 Å². The second-order valence-corrected chi connectivity index (χ2v) is 14.6. The van der Waals surface area contributed by atoms with Crippen molar-refractivity contribution in [2.75, 3.05) is 12.9 Å². The van der Waals surface area contributed by atoms with Crippen molar-refractivity contribution in [3.63, 3.8) is 0 Å². The second kappa shape index (κ2) is 6.30. The highest BCUT2D eigenvalue weighted by Crippen LogP contribution is 2.43. The summed E-state index contributed by atoms with van der Waals surface area (Å²) in [4.78, 5) is 0. The summed E-state index contributed by atoms with van der Waals surface area (Å²) in [6.45, 7) is 13.9. The molecule has 0 saturated heterocycles. The first-order valence-electron chi connectivity index (χ1n) is 7.79. The molecule has 0 aliphatic heterocycles. The summed E-state index contributed by atoms with van der Waals surface area (Å²) in [6.07, 6.45) is 5.02. The van der Waals surface area contributed by atoms with E-state index in [1.807, 2.05) is 0 Å². The van der Waals surface area contributed by atoms with E-state index in [0.29, 0.717) is 12.5 Å². The third-order valence-corrected chi connectivity index (χ3v) is 10.2. The van der Waals surface area contributed by atoms with Crippen molar-refractivity contribution in [3.05, 3.63) is 0 Å². The lowest BCUT2D eigenvalue weighted by Crippen LogP contribution is -2.50. The van der Waals surface area contributed by atoms with Crippen LogP contribution >= 0.6 is 0 Å². The molecule has 4 nitrogen and oxygen atoms in total. The average Bonchev–Trinajstić information content (AvgIpc) is 2.24. The molecule has 0 unspecified atom stereocenters. The van der Waals surface area contributed by atoms with Crippen LogP contribution in [0, 0.1) is 5.92 Å². The van der Waals surface area contributed by atoms with Crippen LogP contribution in [0.15, 0.2) is 0 Å². The van der Waals surface area contributed by atoms with E-state index in [1.165, 1.54) is 0 Å². The molecule has 0 heterocycles. The molecular formula is C15H32O4SSi. The molecule has 21 heavy (non-hydrogen) atoms. The predicted molar refractivity (Wildman–Crippen MR) is 89.4 cm³/mol. The van der Waals surface area contributed by atoms with Gasteiger partial charge in [0, 0.05) is 0 Å². The van der Waals surface area contributed by atoms with E-state index in [1.54, 1.807) is 0 Å². The zero-order valence-electron chi connectivity index (χ0n) is 14.7. The quantitative estimate of drug-likeness (QED) is 0.564. The molecule has 0 N–H and O–H groups in total. The van der Waals surface area contributed by atoms with Crippen molar-refractivity contribution in [3.8, 4) is 0 Å². The molecule has 0 aromatic rings. The summed E-state index contributed by atoms with van der Waals surface area (Å²) in [5.74, 6) is 0.329. The first-order chi connectivity index (χ1) is 9.24. The standard InChI is InChI=1S/C15H32O4SSi/c1-14(2,3)21(6,7)19-15(4)10-8-13(9-11-15)12-18-20(5,16)17/h13H,8-12H2,1-7H3. The van der Waals surface area contributed by atoms with Crippen molar-refractivity contribution in [2.24, 2.45) is 5.92 Å². The average molecular weight is 337 g/mol. The van der Waals surface area contributed by atoms with Gasteiger partial charge in [0.1, 0.15) is 0 Å². The number of rotatable bonds is 5. The van der Waals surface area contributed by atoms with Gasteiger partial charge >= 0.3 is 0 Å². The Morgan fingerprint density at radius 3 is 2.05 bits per heavy atom. The Morgan fingerprint density at radius 2 is 1.67 bits per heavy atom. The molecule has 6 heteroatoms. The van der Waals surface area contributed by atoms with Gasteiger partial charge < -0.3 is 4.43 Å². The molecule has 1 aliphatic carbocycles. The minimum Gasteiger partial charge on any atom is -0.412 e. The third-order valence-electron chi connectivity index (χ3n) is 4.99. The second-order valence-electron chi connectivity index (χ2n) is 8.24. The molecule has 0 radical (unpaired) electrons. The van der Waals surface area contributed by atoms with E-state index in [0.717, 1.165) is 31.9 Å². The largest absolute Gasteiger partial charge is 0.412 e. The molecule has 1 fully saturated rings. The van der Waals surface area contributed by atoms with E-state index in [-0.39, 0.29) is 10.6 Å². The van der Waals surface area contributed by atoms with Crippen LogP contribution < -0.4 is 0 Å². The summed E-state index contributed by atoms with van der Waals surface area (Å²) in [6, 6.07) is 0. The van der Waals surface area contributed by atoms with Gasteiger partial charge in [-0.1, -0.05) is 20.8 Å². The molecule has 1 rings (SSSR count). The molecule has 1 aliphatic rings. The first kappa shape index (κ1) is 19.1. The summed E-state index contributed by atoms with van der Waals surface area (Å²) in [7, 11) is -5.09. The summed E-state index contributed by atoms with van der Waals surface area (Å²) >= 11 is 0. The monoisotopic (exact) mass is 336 g/mol. The highest BCUT2D eigenvalue weighted by molar-refractivity contribution is 7.85. The molecule has 0 amide bonds. The van der Waals surface area contributed by atoms with E-state index in [2.05, 4.69) is 40.8 Å². The summed E-state index contributed by atoms with van der Waals surface area (Å²) in [5.41, 5.74) is -0.0649. The lowest BCUT2D eigenvalue weighted by Gasteiger charge is -2.47. The maximum Gasteiger partial charge on any atom is 0.264 e. The fourth-order valence-electron chi connectivity index (χ4n) is 2.55. The Morgan fingerprint density at radius 1 is 1.19 bits per heavy atom. The highest BCUT2D eigenvalue weighted by atomic mass is 32.2. The fourth-order valence-corrected chi connectivity index (χ4v) is 4.73. The SMILES string of the molecule is CC1(O[Si](C)(C)C(C)(C)C)CCC(COS(C)(=O)=O)CC1. The van der Waals surface area contributed by atoms with Crippen molar-refractivity contribution >= 4 is 18.4 Å². The number of hydrogen-bond acceptors (Lipinski definition) is 4. The Hall–Kier alpha value is 0.0869. The van der Waals surface area contributed by atoms with Crippen LogP contribution in [0.25, 0.3) is 0 Å². The van der Waals surface area contributed by atoms with Gasteiger partial charge in [-0.15, -0.1) is 0 Å². The van der Waals surface area contributed by atoms with E-state index in [9.17, 15) is 8.42 Å². The summed E-state index contributed by atoms with van der Waals surface area (Å²) < 4.78 is 33.7. The van der Waals surface area contributed by atoms with E-state index < -0.39 is 18.4 Å². The van der Waals surface area contributed by atoms with Crippen molar-refractivity contribution in [1.29, 1.82) is 0 Å². The lowest BCUT2D eigenvalue weighted by molar-refractivity contribution is 0.0131. The maximum atomic E-state index is 11.1. The lowest BCUT2D eigenvalue weighted by atomic mass is 9.80. The molecule has 0 aromatic heterocycles. The zero-order valence-corrected chi connectivity index (χ0v) is 16.5. The topological polar surface area (TPSA) is 52.6 Å². The van der Waals surface area contributed by atoms with Gasteiger partial charge in [-0.3, -0.25) is 4.18 Å². The minimum atomic E-state index is -3.32. The fraction of sp³-hybridized carbons (Fsp3) is 1.00. The first-order valence-corrected chi connectivity index (χ1v) is 12.5. The van der Waals surface area contributed by atoms with Gasteiger partial charge in [0.05, 0.1) is 18.5 Å². The van der Waals surface area contributed by atoms with Crippen LogP contribution in [0.4, 0.5) is 0 Å². The minimum absolute atomic E-state index is 0.0649. The van der Waals surface area contributed by atoms with E-state index in [4.69, 9.17) is 8.61 Å². The maximum absolute atomic E-state index is 11.1. The van der Waals surface area contributed by atoms with Gasteiger partial charge in [-0.25, -0.2) is 0 Å². The van der Waals surface area contributed by atoms with Crippen molar-refractivity contribution in [2.45, 2.75) is 77.1 Å². The molecule has 0 atom stereocenters. The Balaban J connectivity index is 2.55. The van der Waals surface area contributed by atoms with Crippen molar-refractivity contribution in [1.82, 2.24) is 0 Å². The molecule has 1 saturated carbocycles. The van der Waals surface area contributed by atoms with Gasteiger partial charge in [-0.05, 0) is 56.7 Å². The van der Waals surface area contributed by atoms with Crippen LogP contribution in [-0.4, -0.2) is 35.2 Å². The molecule has 0 bridgehead atoms. The summed E-state index contributed by atoms with van der Waals surface area (Å²) in [5, 5.41) is 0.215. The normalized spacial score (nSPS) is 28.6.